The van der Waals surface area contributed by atoms with E-state index in [1.54, 1.807) is 0 Å². The number of aliphatic hydroxyl groups is 2. The molecule has 1 aliphatic heterocycles. The number of hydrogen-bond donors (Lipinski definition) is 3. The van der Waals surface area contributed by atoms with Gasteiger partial charge in [0.2, 0.25) is 0 Å². The number of rotatable bonds is 5. The molecule has 8 nitrogen and oxygen atoms in total. The van der Waals surface area contributed by atoms with Crippen LogP contribution in [-0.4, -0.2) is 47.1 Å². The zero-order valence-corrected chi connectivity index (χ0v) is 11.2. The Labute approximate surface area is 121 Å². The van der Waals surface area contributed by atoms with Crippen LogP contribution in [0.25, 0.3) is 10.4 Å². The third kappa shape index (κ3) is 3.32. The van der Waals surface area contributed by atoms with Crippen LogP contribution in [0.2, 0.25) is 0 Å². The number of amides is 1. The molecular formula is C13H16N4O4. The van der Waals surface area contributed by atoms with Gasteiger partial charge in [-0.3, -0.25) is 4.79 Å². The zero-order chi connectivity index (χ0) is 15.3. The number of benzene rings is 1. The van der Waals surface area contributed by atoms with Crippen LogP contribution in [0.4, 0.5) is 0 Å². The Kier molecular flexibility index (Phi) is 4.77. The fourth-order valence-electron chi connectivity index (χ4n) is 2.12. The van der Waals surface area contributed by atoms with Gasteiger partial charge in [0.15, 0.2) is 5.60 Å². The van der Waals surface area contributed by atoms with Crippen molar-refractivity contribution in [2.45, 2.75) is 24.4 Å². The van der Waals surface area contributed by atoms with Crippen molar-refractivity contribution in [3.05, 3.63) is 46.3 Å². The average Bonchev–Trinajstić information content (AvgIpc) is 2.81. The van der Waals surface area contributed by atoms with Gasteiger partial charge in [-0.2, -0.15) is 0 Å². The topological polar surface area (TPSA) is 128 Å². The molecule has 1 heterocycles. The molecule has 21 heavy (non-hydrogen) atoms. The molecule has 1 fully saturated rings. The first kappa shape index (κ1) is 15.3. The summed E-state index contributed by atoms with van der Waals surface area (Å²) in [4.78, 5) is 14.6. The van der Waals surface area contributed by atoms with Crippen LogP contribution in [-0.2, 0) is 16.1 Å². The molecule has 0 bridgehead atoms. The number of nitrogens with one attached hydrogen (secondary N) is 1. The molecule has 1 amide bonds. The van der Waals surface area contributed by atoms with Crippen LogP contribution in [0, 0.1) is 0 Å². The summed E-state index contributed by atoms with van der Waals surface area (Å²) < 4.78 is 5.13. The lowest BCUT2D eigenvalue weighted by molar-refractivity contribution is -0.148. The maximum absolute atomic E-state index is 12.1. The highest BCUT2D eigenvalue weighted by atomic mass is 16.5. The lowest BCUT2D eigenvalue weighted by atomic mass is 9.95. The Morgan fingerprint density at radius 1 is 1.52 bits per heavy atom. The molecule has 1 aromatic carbocycles. The van der Waals surface area contributed by atoms with E-state index >= 15 is 0 Å². The van der Waals surface area contributed by atoms with Crippen molar-refractivity contribution >= 4 is 5.91 Å². The minimum Gasteiger partial charge on any atom is -0.387 e. The summed E-state index contributed by atoms with van der Waals surface area (Å²) in [5.74, 6) is -0.720. The van der Waals surface area contributed by atoms with Gasteiger partial charge in [-0.15, -0.1) is 0 Å². The zero-order valence-electron chi connectivity index (χ0n) is 11.2. The van der Waals surface area contributed by atoms with E-state index in [1.807, 2.05) is 30.3 Å². The predicted molar refractivity (Wildman–Crippen MR) is 73.0 cm³/mol. The SMILES string of the molecule is [N-]=[N+]=NCC1OC[C@](O)(C(=O)NCc2ccccc2)[C@@H]1O. The number of carbonyl (C=O) groups is 1. The van der Waals surface area contributed by atoms with Crippen LogP contribution < -0.4 is 5.32 Å². The van der Waals surface area contributed by atoms with Gasteiger partial charge in [0.1, 0.15) is 6.10 Å². The third-order valence-corrected chi connectivity index (χ3v) is 3.37. The molecule has 112 valence electrons. The lowest BCUT2D eigenvalue weighted by Crippen LogP contribution is -2.55. The monoisotopic (exact) mass is 292 g/mol. The maximum atomic E-state index is 12.1. The van der Waals surface area contributed by atoms with E-state index in [1.165, 1.54) is 0 Å². The average molecular weight is 292 g/mol. The molecule has 1 saturated heterocycles. The molecule has 0 radical (unpaired) electrons. The molecule has 1 aromatic rings. The smallest absolute Gasteiger partial charge is 0.257 e. The maximum Gasteiger partial charge on any atom is 0.257 e. The number of ether oxygens (including phenoxy) is 1. The molecule has 1 unspecified atom stereocenters. The first-order valence-electron chi connectivity index (χ1n) is 6.43. The quantitative estimate of drug-likeness (QED) is 0.404. The summed E-state index contributed by atoms with van der Waals surface area (Å²) in [6.07, 6.45) is -2.34. The summed E-state index contributed by atoms with van der Waals surface area (Å²) in [5, 5.41) is 26.1. The van der Waals surface area contributed by atoms with Crippen molar-refractivity contribution in [2.24, 2.45) is 5.11 Å². The second-order valence-corrected chi connectivity index (χ2v) is 4.80. The fraction of sp³-hybridized carbons (Fsp3) is 0.462. The third-order valence-electron chi connectivity index (χ3n) is 3.37. The van der Waals surface area contributed by atoms with Crippen molar-refractivity contribution in [1.29, 1.82) is 0 Å². The molecule has 1 aliphatic rings. The molecule has 0 saturated carbocycles. The van der Waals surface area contributed by atoms with Crippen LogP contribution in [0.1, 0.15) is 5.56 Å². The minimum absolute atomic E-state index is 0.147. The number of carbonyl (C=O) groups excluding carboxylic acids is 1. The summed E-state index contributed by atoms with van der Waals surface area (Å²) in [7, 11) is 0. The van der Waals surface area contributed by atoms with Crippen molar-refractivity contribution in [3.8, 4) is 0 Å². The van der Waals surface area contributed by atoms with E-state index in [0.717, 1.165) is 5.56 Å². The largest absolute Gasteiger partial charge is 0.387 e. The van der Waals surface area contributed by atoms with Crippen molar-refractivity contribution in [1.82, 2.24) is 5.32 Å². The Morgan fingerprint density at radius 3 is 2.90 bits per heavy atom. The normalized spacial score (nSPS) is 27.9. The van der Waals surface area contributed by atoms with Gasteiger partial charge in [-0.05, 0) is 11.1 Å². The Bertz CT molecular complexity index is 546. The van der Waals surface area contributed by atoms with Gasteiger partial charge in [-0.25, -0.2) is 0 Å². The first-order chi connectivity index (χ1) is 10.1. The second-order valence-electron chi connectivity index (χ2n) is 4.80. The summed E-state index contributed by atoms with van der Waals surface area (Å²) in [6.45, 7) is -0.262. The summed E-state index contributed by atoms with van der Waals surface area (Å²) in [6, 6.07) is 9.18. The van der Waals surface area contributed by atoms with E-state index < -0.39 is 23.7 Å². The van der Waals surface area contributed by atoms with Crippen LogP contribution >= 0.6 is 0 Å². The molecule has 8 heteroatoms. The molecule has 0 aliphatic carbocycles. The molecule has 2 rings (SSSR count). The van der Waals surface area contributed by atoms with Crippen LogP contribution in [0.5, 0.6) is 0 Å². The van der Waals surface area contributed by atoms with E-state index in [2.05, 4.69) is 15.3 Å². The van der Waals surface area contributed by atoms with Gasteiger partial charge in [0.05, 0.1) is 19.3 Å². The number of aliphatic hydroxyl groups excluding tert-OH is 1. The van der Waals surface area contributed by atoms with Gasteiger partial charge in [0, 0.05) is 11.5 Å². The van der Waals surface area contributed by atoms with Gasteiger partial charge in [0.25, 0.3) is 5.91 Å². The Hall–Kier alpha value is -2.12. The molecule has 3 atom stereocenters. The highest BCUT2D eigenvalue weighted by Crippen LogP contribution is 2.25. The molecule has 0 spiro atoms. The van der Waals surface area contributed by atoms with E-state index in [0.29, 0.717) is 0 Å². The van der Waals surface area contributed by atoms with Crippen LogP contribution in [0.3, 0.4) is 0 Å². The van der Waals surface area contributed by atoms with Crippen LogP contribution in [0.15, 0.2) is 35.4 Å². The first-order valence-corrected chi connectivity index (χ1v) is 6.43. The van der Waals surface area contributed by atoms with Crippen molar-refractivity contribution in [2.75, 3.05) is 13.2 Å². The summed E-state index contributed by atoms with van der Waals surface area (Å²) >= 11 is 0. The Morgan fingerprint density at radius 2 is 2.24 bits per heavy atom. The molecule has 0 aromatic heterocycles. The lowest BCUT2D eigenvalue weighted by Gasteiger charge is -2.24. The molecule has 3 N–H and O–H groups in total. The van der Waals surface area contributed by atoms with E-state index in [4.69, 9.17) is 10.3 Å². The highest BCUT2D eigenvalue weighted by Gasteiger charge is 2.52. The van der Waals surface area contributed by atoms with Gasteiger partial charge < -0.3 is 20.3 Å². The Balaban J connectivity index is 1.96. The van der Waals surface area contributed by atoms with E-state index in [9.17, 15) is 15.0 Å². The number of azide groups is 1. The minimum atomic E-state index is -2.04. The number of hydrogen-bond acceptors (Lipinski definition) is 5. The van der Waals surface area contributed by atoms with Crippen molar-refractivity contribution < 1.29 is 19.7 Å². The van der Waals surface area contributed by atoms with Gasteiger partial charge >= 0.3 is 0 Å². The fourth-order valence-corrected chi connectivity index (χ4v) is 2.12. The standard InChI is InChI=1S/C13H16N4O4/c14-17-16-7-10-11(18)13(20,8-21-10)12(19)15-6-9-4-2-1-3-5-9/h1-5,10-11,18,20H,6-8H2,(H,15,19)/t10?,11-,13-/m1/s1. The summed E-state index contributed by atoms with van der Waals surface area (Å²) in [5.41, 5.74) is 7.07. The number of nitrogens with zero attached hydrogens (tertiary/aromatic N) is 3. The molecular weight excluding hydrogens is 276 g/mol. The predicted octanol–water partition coefficient (Wildman–Crippen LogP) is 0.104. The second kappa shape index (κ2) is 6.55. The van der Waals surface area contributed by atoms with E-state index in [-0.39, 0.29) is 19.7 Å². The van der Waals surface area contributed by atoms with Crippen molar-refractivity contribution in [3.63, 3.8) is 0 Å². The highest BCUT2D eigenvalue weighted by molar-refractivity contribution is 5.86. The van der Waals surface area contributed by atoms with Gasteiger partial charge in [-0.1, -0.05) is 35.4 Å².